The number of aromatic nitrogens is 1. The SMILES string of the molecule is COc1ccc(CCNCc2ncc(C)s2)cc1OC. The average molecular weight is 292 g/mol. The molecule has 1 aromatic carbocycles. The van der Waals surface area contributed by atoms with Crippen molar-refractivity contribution >= 4 is 11.3 Å². The van der Waals surface area contributed by atoms with Crippen LogP contribution in [0, 0.1) is 6.92 Å². The number of nitrogens with one attached hydrogen (secondary N) is 1. The molecule has 4 nitrogen and oxygen atoms in total. The molecule has 0 fully saturated rings. The van der Waals surface area contributed by atoms with Crippen LogP contribution in [0.15, 0.2) is 24.4 Å². The summed E-state index contributed by atoms with van der Waals surface area (Å²) in [6.45, 7) is 3.81. The van der Waals surface area contributed by atoms with Gasteiger partial charge in [-0.1, -0.05) is 6.07 Å². The molecule has 0 bridgehead atoms. The van der Waals surface area contributed by atoms with Gasteiger partial charge in [0.2, 0.25) is 0 Å². The maximum Gasteiger partial charge on any atom is 0.160 e. The number of hydrogen-bond acceptors (Lipinski definition) is 5. The molecular formula is C15H20N2O2S. The number of nitrogens with zero attached hydrogens (tertiary/aromatic N) is 1. The quantitative estimate of drug-likeness (QED) is 0.797. The Bertz CT molecular complexity index is 555. The minimum atomic E-state index is 0.766. The highest BCUT2D eigenvalue weighted by atomic mass is 32.1. The van der Waals surface area contributed by atoms with E-state index in [0.717, 1.165) is 36.0 Å². The lowest BCUT2D eigenvalue weighted by molar-refractivity contribution is 0.354. The molecule has 0 aliphatic heterocycles. The summed E-state index contributed by atoms with van der Waals surface area (Å²) in [7, 11) is 3.31. The molecular weight excluding hydrogens is 272 g/mol. The fourth-order valence-corrected chi connectivity index (χ4v) is 2.70. The van der Waals surface area contributed by atoms with Crippen LogP contribution < -0.4 is 14.8 Å². The van der Waals surface area contributed by atoms with Crippen LogP contribution in [0.1, 0.15) is 15.4 Å². The summed E-state index contributed by atoms with van der Waals surface area (Å²) in [6, 6.07) is 6.03. The summed E-state index contributed by atoms with van der Waals surface area (Å²) >= 11 is 1.73. The van der Waals surface area contributed by atoms with Gasteiger partial charge in [0, 0.05) is 17.6 Å². The van der Waals surface area contributed by atoms with Crippen molar-refractivity contribution in [3.8, 4) is 11.5 Å². The van der Waals surface area contributed by atoms with Crippen molar-refractivity contribution in [2.45, 2.75) is 19.9 Å². The van der Waals surface area contributed by atoms with Crippen molar-refractivity contribution in [3.05, 3.63) is 39.8 Å². The van der Waals surface area contributed by atoms with Crippen LogP contribution in [0.5, 0.6) is 11.5 Å². The molecule has 108 valence electrons. The predicted molar refractivity (Wildman–Crippen MR) is 81.8 cm³/mol. The Balaban J connectivity index is 1.82. The lowest BCUT2D eigenvalue weighted by atomic mass is 10.1. The Labute approximate surface area is 123 Å². The number of thiazole rings is 1. The highest BCUT2D eigenvalue weighted by Crippen LogP contribution is 2.27. The number of benzene rings is 1. The van der Waals surface area contributed by atoms with E-state index >= 15 is 0 Å². The van der Waals surface area contributed by atoms with Crippen molar-refractivity contribution in [1.82, 2.24) is 10.3 Å². The molecule has 1 N–H and O–H groups in total. The largest absolute Gasteiger partial charge is 0.493 e. The van der Waals surface area contributed by atoms with Gasteiger partial charge in [-0.15, -0.1) is 11.3 Å². The van der Waals surface area contributed by atoms with E-state index in [0.29, 0.717) is 0 Å². The van der Waals surface area contributed by atoms with E-state index in [1.54, 1.807) is 25.6 Å². The van der Waals surface area contributed by atoms with Crippen molar-refractivity contribution in [2.75, 3.05) is 20.8 Å². The molecule has 20 heavy (non-hydrogen) atoms. The van der Waals surface area contributed by atoms with Gasteiger partial charge in [-0.25, -0.2) is 4.98 Å². The molecule has 0 unspecified atom stereocenters. The Morgan fingerprint density at radius 1 is 1.20 bits per heavy atom. The van der Waals surface area contributed by atoms with Crippen molar-refractivity contribution < 1.29 is 9.47 Å². The molecule has 1 heterocycles. The molecule has 0 saturated carbocycles. The van der Waals surface area contributed by atoms with Gasteiger partial charge in [0.25, 0.3) is 0 Å². The molecule has 0 saturated heterocycles. The predicted octanol–water partition coefficient (Wildman–Crippen LogP) is 2.80. The van der Waals surface area contributed by atoms with Gasteiger partial charge in [-0.3, -0.25) is 0 Å². The van der Waals surface area contributed by atoms with E-state index < -0.39 is 0 Å². The van der Waals surface area contributed by atoms with Gasteiger partial charge in [-0.2, -0.15) is 0 Å². The minimum Gasteiger partial charge on any atom is -0.493 e. The van der Waals surface area contributed by atoms with Crippen LogP contribution in [-0.2, 0) is 13.0 Å². The first-order chi connectivity index (χ1) is 9.72. The molecule has 2 rings (SSSR count). The third kappa shape index (κ3) is 3.95. The highest BCUT2D eigenvalue weighted by Gasteiger charge is 2.04. The van der Waals surface area contributed by atoms with Crippen LogP contribution in [-0.4, -0.2) is 25.7 Å². The number of rotatable bonds is 7. The Hall–Kier alpha value is -1.59. The summed E-state index contributed by atoms with van der Waals surface area (Å²) in [6.07, 6.45) is 2.86. The summed E-state index contributed by atoms with van der Waals surface area (Å²) in [5, 5.41) is 4.54. The van der Waals surface area contributed by atoms with E-state index in [4.69, 9.17) is 9.47 Å². The van der Waals surface area contributed by atoms with Gasteiger partial charge in [0.05, 0.1) is 14.2 Å². The van der Waals surface area contributed by atoms with Crippen LogP contribution in [0.25, 0.3) is 0 Å². The van der Waals surface area contributed by atoms with Crippen LogP contribution in [0.2, 0.25) is 0 Å². The molecule has 1 aromatic heterocycles. The zero-order valence-electron chi connectivity index (χ0n) is 12.1. The first-order valence-corrected chi connectivity index (χ1v) is 7.37. The van der Waals surface area contributed by atoms with Crippen molar-refractivity contribution in [3.63, 3.8) is 0 Å². The highest BCUT2D eigenvalue weighted by molar-refractivity contribution is 7.11. The summed E-state index contributed by atoms with van der Waals surface area (Å²) in [5.74, 6) is 1.54. The lowest BCUT2D eigenvalue weighted by Gasteiger charge is -2.09. The monoisotopic (exact) mass is 292 g/mol. The maximum absolute atomic E-state index is 5.30. The minimum absolute atomic E-state index is 0.766. The van der Waals surface area contributed by atoms with Gasteiger partial charge < -0.3 is 14.8 Å². The third-order valence-electron chi connectivity index (χ3n) is 2.98. The van der Waals surface area contributed by atoms with Gasteiger partial charge in [0.1, 0.15) is 5.01 Å². The van der Waals surface area contributed by atoms with Gasteiger partial charge in [0.15, 0.2) is 11.5 Å². The van der Waals surface area contributed by atoms with Gasteiger partial charge >= 0.3 is 0 Å². The van der Waals surface area contributed by atoms with Crippen LogP contribution >= 0.6 is 11.3 Å². The number of hydrogen-bond donors (Lipinski definition) is 1. The molecule has 5 heteroatoms. The van der Waals surface area contributed by atoms with E-state index in [2.05, 4.69) is 23.3 Å². The Morgan fingerprint density at radius 2 is 2.00 bits per heavy atom. The topological polar surface area (TPSA) is 43.4 Å². The second-order valence-electron chi connectivity index (χ2n) is 4.48. The normalized spacial score (nSPS) is 10.6. The van der Waals surface area contributed by atoms with Crippen LogP contribution in [0.3, 0.4) is 0 Å². The third-order valence-corrected chi connectivity index (χ3v) is 3.90. The van der Waals surface area contributed by atoms with E-state index in [9.17, 15) is 0 Å². The Kier molecular flexibility index (Phi) is 5.38. The second-order valence-corrected chi connectivity index (χ2v) is 5.80. The fourth-order valence-electron chi connectivity index (χ4n) is 1.95. The van der Waals surface area contributed by atoms with E-state index in [1.165, 1.54) is 10.4 Å². The number of methoxy groups -OCH3 is 2. The van der Waals surface area contributed by atoms with E-state index in [-0.39, 0.29) is 0 Å². The maximum atomic E-state index is 5.30. The van der Waals surface area contributed by atoms with Crippen molar-refractivity contribution in [2.24, 2.45) is 0 Å². The lowest BCUT2D eigenvalue weighted by Crippen LogP contribution is -2.16. The first kappa shape index (κ1) is 14.8. The first-order valence-electron chi connectivity index (χ1n) is 6.56. The standard InChI is InChI=1S/C15H20N2O2S/c1-11-9-17-15(20-11)10-16-7-6-12-4-5-13(18-2)14(8-12)19-3/h4-5,8-9,16H,6-7,10H2,1-3H3. The molecule has 2 aromatic rings. The molecule has 0 radical (unpaired) electrons. The van der Waals surface area contributed by atoms with Crippen LogP contribution in [0.4, 0.5) is 0 Å². The number of aryl methyl sites for hydroxylation is 1. The summed E-state index contributed by atoms with van der Waals surface area (Å²) in [5.41, 5.74) is 1.23. The summed E-state index contributed by atoms with van der Waals surface area (Å²) < 4.78 is 10.5. The molecule has 0 atom stereocenters. The van der Waals surface area contributed by atoms with Crippen molar-refractivity contribution in [1.29, 1.82) is 0 Å². The number of ether oxygens (including phenoxy) is 2. The fraction of sp³-hybridized carbons (Fsp3) is 0.400. The van der Waals surface area contributed by atoms with E-state index in [1.807, 2.05) is 18.3 Å². The molecule has 0 aliphatic carbocycles. The molecule has 0 amide bonds. The smallest absolute Gasteiger partial charge is 0.160 e. The Morgan fingerprint density at radius 3 is 2.65 bits per heavy atom. The summed E-state index contributed by atoms with van der Waals surface area (Å²) in [4.78, 5) is 5.58. The molecule has 0 aliphatic rings. The average Bonchev–Trinajstić information content (AvgIpc) is 2.89. The zero-order valence-corrected chi connectivity index (χ0v) is 12.9. The van der Waals surface area contributed by atoms with Gasteiger partial charge in [-0.05, 0) is 37.6 Å². The zero-order chi connectivity index (χ0) is 14.4. The molecule has 0 spiro atoms. The second kappa shape index (κ2) is 7.26.